The van der Waals surface area contributed by atoms with Crippen molar-refractivity contribution in [2.75, 3.05) is 26.4 Å². The van der Waals surface area contributed by atoms with Crippen LogP contribution in [0.4, 0.5) is 22.0 Å². The molecule has 1 aliphatic rings. The summed E-state index contributed by atoms with van der Waals surface area (Å²) in [6, 6.07) is 9.56. The van der Waals surface area contributed by atoms with Crippen LogP contribution in [-0.2, 0) is 14.2 Å². The molecule has 0 radical (unpaired) electrons. The Morgan fingerprint density at radius 1 is 0.765 bits per heavy atom. The molecule has 0 spiro atoms. The quantitative estimate of drug-likeness (QED) is 0.212. The SMILES string of the molecule is CCOCCC1COC(c2ccc(-c3ccc(-c4cc(F)c(F)c(F)c4)c(F)c3)c(F)c2)OC1. The Balaban J connectivity index is 1.49. The molecule has 0 saturated carbocycles. The van der Waals surface area contributed by atoms with E-state index in [0.29, 0.717) is 44.1 Å². The van der Waals surface area contributed by atoms with E-state index in [0.717, 1.165) is 12.5 Å². The van der Waals surface area contributed by atoms with Crippen molar-refractivity contribution in [3.8, 4) is 22.3 Å². The van der Waals surface area contributed by atoms with Crippen molar-refractivity contribution in [1.82, 2.24) is 0 Å². The van der Waals surface area contributed by atoms with E-state index < -0.39 is 35.4 Å². The van der Waals surface area contributed by atoms with Crippen molar-refractivity contribution < 1.29 is 36.2 Å². The van der Waals surface area contributed by atoms with Gasteiger partial charge in [0.15, 0.2) is 23.7 Å². The van der Waals surface area contributed by atoms with E-state index >= 15 is 0 Å². The second-order valence-corrected chi connectivity index (χ2v) is 8.04. The topological polar surface area (TPSA) is 27.7 Å². The zero-order chi connectivity index (χ0) is 24.2. The lowest BCUT2D eigenvalue weighted by molar-refractivity contribution is -0.207. The average Bonchev–Trinajstić information content (AvgIpc) is 2.83. The minimum atomic E-state index is -1.63. The van der Waals surface area contributed by atoms with Crippen LogP contribution in [0.3, 0.4) is 0 Å². The van der Waals surface area contributed by atoms with Crippen LogP contribution in [0.5, 0.6) is 0 Å². The summed E-state index contributed by atoms with van der Waals surface area (Å²) in [4.78, 5) is 0. The van der Waals surface area contributed by atoms with Crippen LogP contribution in [0.2, 0.25) is 0 Å². The van der Waals surface area contributed by atoms with E-state index in [9.17, 15) is 22.0 Å². The van der Waals surface area contributed by atoms with Crippen LogP contribution in [0.15, 0.2) is 48.5 Å². The minimum absolute atomic E-state index is 0.135. The highest BCUT2D eigenvalue weighted by Gasteiger charge is 2.24. The number of ether oxygens (including phenoxy) is 3. The summed E-state index contributed by atoms with van der Waals surface area (Å²) in [7, 11) is 0. The molecule has 4 rings (SSSR count). The Morgan fingerprint density at radius 3 is 1.97 bits per heavy atom. The number of hydrogen-bond acceptors (Lipinski definition) is 3. The normalized spacial score (nSPS) is 18.3. The van der Waals surface area contributed by atoms with Crippen LogP contribution in [0, 0.1) is 35.0 Å². The van der Waals surface area contributed by atoms with Gasteiger partial charge in [0.05, 0.1) is 13.2 Å². The second kappa shape index (κ2) is 10.6. The van der Waals surface area contributed by atoms with Crippen molar-refractivity contribution in [3.63, 3.8) is 0 Å². The van der Waals surface area contributed by atoms with Crippen LogP contribution in [0.1, 0.15) is 25.2 Å². The maximum atomic E-state index is 14.9. The lowest BCUT2D eigenvalue weighted by Gasteiger charge is -2.29. The fraction of sp³-hybridized carbons (Fsp3) is 0.308. The van der Waals surface area contributed by atoms with E-state index in [2.05, 4.69) is 0 Å². The Kier molecular flexibility index (Phi) is 7.60. The lowest BCUT2D eigenvalue weighted by Crippen LogP contribution is -2.28. The molecule has 3 aromatic rings. The highest BCUT2D eigenvalue weighted by atomic mass is 19.2. The summed E-state index contributed by atoms with van der Waals surface area (Å²) in [5.41, 5.74) is 0.564. The Morgan fingerprint density at radius 2 is 1.35 bits per heavy atom. The van der Waals surface area contributed by atoms with Gasteiger partial charge in [-0.2, -0.15) is 0 Å². The standard InChI is InChI=1S/C26H23F5O3/c1-2-32-8-7-15-13-33-26(34-14-15)17-4-6-19(22(28)10-17)16-3-5-20(21(27)9-16)18-11-23(29)25(31)24(30)12-18/h3-6,9-12,15,26H,2,7-8,13-14H2,1H3. The molecule has 34 heavy (non-hydrogen) atoms. The zero-order valence-corrected chi connectivity index (χ0v) is 18.4. The molecule has 1 saturated heterocycles. The molecule has 0 atom stereocenters. The first-order valence-corrected chi connectivity index (χ1v) is 10.9. The molecular formula is C26H23F5O3. The van der Waals surface area contributed by atoms with E-state index in [1.165, 1.54) is 24.3 Å². The zero-order valence-electron chi connectivity index (χ0n) is 18.4. The summed E-state index contributed by atoms with van der Waals surface area (Å²) in [6.07, 6.45) is 0.112. The van der Waals surface area contributed by atoms with Crippen molar-refractivity contribution in [2.45, 2.75) is 19.6 Å². The van der Waals surface area contributed by atoms with Gasteiger partial charge in [0.1, 0.15) is 11.6 Å². The van der Waals surface area contributed by atoms with Gasteiger partial charge in [-0.15, -0.1) is 0 Å². The molecule has 0 amide bonds. The van der Waals surface area contributed by atoms with Crippen molar-refractivity contribution >= 4 is 0 Å². The first-order valence-electron chi connectivity index (χ1n) is 10.9. The highest BCUT2D eigenvalue weighted by molar-refractivity contribution is 5.71. The van der Waals surface area contributed by atoms with Crippen LogP contribution < -0.4 is 0 Å². The minimum Gasteiger partial charge on any atom is -0.382 e. The monoisotopic (exact) mass is 478 g/mol. The number of halogens is 5. The van der Waals surface area contributed by atoms with Gasteiger partial charge in [-0.3, -0.25) is 0 Å². The molecule has 3 nitrogen and oxygen atoms in total. The van der Waals surface area contributed by atoms with Gasteiger partial charge < -0.3 is 14.2 Å². The molecule has 0 unspecified atom stereocenters. The smallest absolute Gasteiger partial charge is 0.194 e. The van der Waals surface area contributed by atoms with Gasteiger partial charge in [0, 0.05) is 35.8 Å². The van der Waals surface area contributed by atoms with E-state index in [-0.39, 0.29) is 28.2 Å². The maximum Gasteiger partial charge on any atom is 0.194 e. The van der Waals surface area contributed by atoms with Gasteiger partial charge in [0.25, 0.3) is 0 Å². The Hall–Kier alpha value is -2.81. The summed E-state index contributed by atoms with van der Waals surface area (Å²) in [6.45, 7) is 4.15. The summed E-state index contributed by atoms with van der Waals surface area (Å²) in [5.74, 6) is -5.70. The first-order chi connectivity index (χ1) is 16.4. The molecule has 8 heteroatoms. The third-order valence-electron chi connectivity index (χ3n) is 5.68. The van der Waals surface area contributed by atoms with Crippen LogP contribution >= 0.6 is 0 Å². The molecule has 1 fully saturated rings. The second-order valence-electron chi connectivity index (χ2n) is 8.04. The molecule has 0 N–H and O–H groups in total. The highest BCUT2D eigenvalue weighted by Crippen LogP contribution is 2.33. The summed E-state index contributed by atoms with van der Waals surface area (Å²) >= 11 is 0. The predicted octanol–water partition coefficient (Wildman–Crippen LogP) is 6.80. The van der Waals surface area contributed by atoms with Gasteiger partial charge in [0.2, 0.25) is 0 Å². The number of benzene rings is 3. The molecule has 3 aromatic carbocycles. The van der Waals surface area contributed by atoms with Crippen molar-refractivity contribution in [2.24, 2.45) is 5.92 Å². The van der Waals surface area contributed by atoms with Crippen LogP contribution in [0.25, 0.3) is 22.3 Å². The van der Waals surface area contributed by atoms with Crippen LogP contribution in [-0.4, -0.2) is 26.4 Å². The molecule has 0 aliphatic carbocycles. The average molecular weight is 478 g/mol. The van der Waals surface area contributed by atoms with Gasteiger partial charge >= 0.3 is 0 Å². The van der Waals surface area contributed by atoms with E-state index in [4.69, 9.17) is 14.2 Å². The number of hydrogen-bond donors (Lipinski definition) is 0. The largest absolute Gasteiger partial charge is 0.382 e. The molecule has 0 aromatic heterocycles. The molecule has 1 aliphatic heterocycles. The fourth-order valence-corrected chi connectivity index (χ4v) is 3.84. The number of rotatable bonds is 7. The maximum absolute atomic E-state index is 14.9. The molecular weight excluding hydrogens is 455 g/mol. The molecule has 1 heterocycles. The predicted molar refractivity (Wildman–Crippen MR) is 116 cm³/mol. The van der Waals surface area contributed by atoms with Gasteiger partial charge in [-0.25, -0.2) is 22.0 Å². The summed E-state index contributed by atoms with van der Waals surface area (Å²) in [5, 5.41) is 0. The molecule has 0 bridgehead atoms. The van der Waals surface area contributed by atoms with Gasteiger partial charge in [-0.05, 0) is 48.7 Å². The lowest BCUT2D eigenvalue weighted by atomic mass is 9.98. The van der Waals surface area contributed by atoms with Crippen molar-refractivity contribution in [1.29, 1.82) is 0 Å². The Bertz CT molecular complexity index is 1140. The first kappa shape index (κ1) is 24.3. The van der Waals surface area contributed by atoms with Gasteiger partial charge in [-0.1, -0.05) is 24.3 Å². The third-order valence-corrected chi connectivity index (χ3v) is 5.68. The fourth-order valence-electron chi connectivity index (χ4n) is 3.84. The van der Waals surface area contributed by atoms with E-state index in [1.54, 1.807) is 6.07 Å². The van der Waals surface area contributed by atoms with E-state index in [1.807, 2.05) is 6.92 Å². The Labute approximate surface area is 194 Å². The molecule has 180 valence electrons. The van der Waals surface area contributed by atoms with Crippen molar-refractivity contribution in [3.05, 3.63) is 83.2 Å². The summed E-state index contributed by atoms with van der Waals surface area (Å²) < 4.78 is 86.7. The third kappa shape index (κ3) is 5.29.